The minimum absolute atomic E-state index is 0.414. The lowest BCUT2D eigenvalue weighted by Crippen LogP contribution is -2.46. The summed E-state index contributed by atoms with van der Waals surface area (Å²) in [6, 6.07) is 1.07. The fourth-order valence-corrected chi connectivity index (χ4v) is 3.76. The zero-order valence-electron chi connectivity index (χ0n) is 13.2. The van der Waals surface area contributed by atoms with Crippen molar-refractivity contribution >= 4 is 5.91 Å². The molecule has 2 aliphatic heterocycles. The van der Waals surface area contributed by atoms with Crippen molar-refractivity contribution in [2.75, 3.05) is 13.1 Å². The fourth-order valence-electron chi connectivity index (χ4n) is 3.76. The number of nitrogens with one attached hydrogen (secondary N) is 1. The first-order valence-electron chi connectivity index (χ1n) is 8.85. The van der Waals surface area contributed by atoms with Crippen LogP contribution in [0.1, 0.15) is 77.6 Å². The van der Waals surface area contributed by atoms with Crippen LogP contribution in [0.2, 0.25) is 0 Å². The predicted octanol–water partition coefficient (Wildman–Crippen LogP) is 3.48. The lowest BCUT2D eigenvalue weighted by Gasteiger charge is -2.29. The van der Waals surface area contributed by atoms with Crippen LogP contribution in [0.5, 0.6) is 0 Å². The molecule has 0 saturated carbocycles. The van der Waals surface area contributed by atoms with Crippen molar-refractivity contribution in [3.63, 3.8) is 0 Å². The summed E-state index contributed by atoms with van der Waals surface area (Å²) in [6.07, 6.45) is 13.3. The molecule has 3 heteroatoms. The predicted molar refractivity (Wildman–Crippen MR) is 83.8 cm³/mol. The zero-order chi connectivity index (χ0) is 14.2. The quantitative estimate of drug-likeness (QED) is 0.690. The van der Waals surface area contributed by atoms with Gasteiger partial charge in [-0.2, -0.15) is 0 Å². The molecule has 0 radical (unpaired) electrons. The number of rotatable bonds is 8. The van der Waals surface area contributed by atoms with Gasteiger partial charge < -0.3 is 10.2 Å². The molecule has 116 valence electrons. The number of hydrogen-bond donors (Lipinski definition) is 1. The van der Waals surface area contributed by atoms with Crippen LogP contribution in [0.25, 0.3) is 0 Å². The van der Waals surface area contributed by atoms with Crippen LogP contribution in [0, 0.1) is 0 Å². The van der Waals surface area contributed by atoms with Gasteiger partial charge >= 0.3 is 0 Å². The molecular weight excluding hydrogens is 248 g/mol. The standard InChI is InChI=1S/C17H32N2O/c1-2-3-4-5-6-7-12-17(20)19-14-9-11-16(19)15-10-8-13-18-15/h15-16,18H,2-14H2,1H3. The molecule has 2 aliphatic rings. The molecule has 2 heterocycles. The molecule has 2 fully saturated rings. The van der Waals surface area contributed by atoms with Gasteiger partial charge in [-0.1, -0.05) is 39.0 Å². The second-order valence-electron chi connectivity index (χ2n) is 6.52. The third kappa shape index (κ3) is 4.47. The van der Waals surface area contributed by atoms with Gasteiger partial charge in [-0.15, -0.1) is 0 Å². The summed E-state index contributed by atoms with van der Waals surface area (Å²) in [7, 11) is 0. The largest absolute Gasteiger partial charge is 0.338 e. The van der Waals surface area contributed by atoms with E-state index in [-0.39, 0.29) is 0 Å². The van der Waals surface area contributed by atoms with Crippen molar-refractivity contribution < 1.29 is 4.79 Å². The molecule has 2 unspecified atom stereocenters. The summed E-state index contributed by atoms with van der Waals surface area (Å²) in [5, 5.41) is 3.58. The third-order valence-corrected chi connectivity index (χ3v) is 4.93. The first kappa shape index (κ1) is 15.8. The van der Waals surface area contributed by atoms with Gasteiger partial charge in [-0.3, -0.25) is 4.79 Å². The summed E-state index contributed by atoms with van der Waals surface area (Å²) in [6.45, 7) is 4.38. The molecule has 3 nitrogen and oxygen atoms in total. The molecular formula is C17H32N2O. The van der Waals surface area contributed by atoms with Crippen molar-refractivity contribution in [1.29, 1.82) is 0 Å². The van der Waals surface area contributed by atoms with Crippen LogP contribution in [-0.2, 0) is 4.79 Å². The second-order valence-corrected chi connectivity index (χ2v) is 6.52. The summed E-state index contributed by atoms with van der Waals surface area (Å²) < 4.78 is 0. The number of carbonyl (C=O) groups is 1. The van der Waals surface area contributed by atoms with Crippen LogP contribution >= 0.6 is 0 Å². The Morgan fingerprint density at radius 1 is 1.10 bits per heavy atom. The maximum atomic E-state index is 12.4. The minimum atomic E-state index is 0.414. The van der Waals surface area contributed by atoms with Crippen LogP contribution in [0.3, 0.4) is 0 Å². The van der Waals surface area contributed by atoms with Crippen LogP contribution in [0.15, 0.2) is 0 Å². The minimum Gasteiger partial charge on any atom is -0.338 e. The molecule has 0 aromatic heterocycles. The highest BCUT2D eigenvalue weighted by Crippen LogP contribution is 2.25. The average Bonchev–Trinajstić information content (AvgIpc) is 3.11. The maximum absolute atomic E-state index is 12.4. The Kier molecular flexibility index (Phi) is 6.85. The molecule has 0 spiro atoms. The number of carbonyl (C=O) groups excluding carboxylic acids is 1. The Bertz CT molecular complexity index is 287. The summed E-state index contributed by atoms with van der Waals surface area (Å²) in [5.41, 5.74) is 0. The zero-order valence-corrected chi connectivity index (χ0v) is 13.2. The van der Waals surface area contributed by atoms with Crippen LogP contribution in [-0.4, -0.2) is 36.0 Å². The summed E-state index contributed by atoms with van der Waals surface area (Å²) in [5.74, 6) is 0.414. The smallest absolute Gasteiger partial charge is 0.222 e. The highest BCUT2D eigenvalue weighted by Gasteiger charge is 2.35. The van der Waals surface area contributed by atoms with Crippen molar-refractivity contribution in [2.24, 2.45) is 0 Å². The van der Waals surface area contributed by atoms with Crippen molar-refractivity contribution in [3.05, 3.63) is 0 Å². The Labute approximate surface area is 124 Å². The molecule has 2 atom stereocenters. The van der Waals surface area contributed by atoms with Crippen molar-refractivity contribution in [2.45, 2.75) is 89.6 Å². The van der Waals surface area contributed by atoms with E-state index in [0.29, 0.717) is 18.0 Å². The van der Waals surface area contributed by atoms with Gasteiger partial charge in [0, 0.05) is 25.0 Å². The Balaban J connectivity index is 1.65. The summed E-state index contributed by atoms with van der Waals surface area (Å²) >= 11 is 0. The van der Waals surface area contributed by atoms with Crippen LogP contribution in [0.4, 0.5) is 0 Å². The van der Waals surface area contributed by atoms with Gasteiger partial charge in [0.15, 0.2) is 0 Å². The molecule has 0 aliphatic carbocycles. The average molecular weight is 280 g/mol. The Morgan fingerprint density at radius 2 is 1.90 bits per heavy atom. The Hall–Kier alpha value is -0.570. The molecule has 20 heavy (non-hydrogen) atoms. The van der Waals surface area contributed by atoms with E-state index in [4.69, 9.17) is 0 Å². The highest BCUT2D eigenvalue weighted by atomic mass is 16.2. The van der Waals surface area contributed by atoms with E-state index < -0.39 is 0 Å². The molecule has 2 saturated heterocycles. The van der Waals surface area contributed by atoms with Crippen molar-refractivity contribution in [1.82, 2.24) is 10.2 Å². The highest BCUT2D eigenvalue weighted by molar-refractivity contribution is 5.76. The third-order valence-electron chi connectivity index (χ3n) is 4.93. The molecule has 1 N–H and O–H groups in total. The number of unbranched alkanes of at least 4 members (excludes halogenated alkanes) is 5. The van der Waals surface area contributed by atoms with Crippen molar-refractivity contribution in [3.8, 4) is 0 Å². The number of amides is 1. The van der Waals surface area contributed by atoms with E-state index in [2.05, 4.69) is 17.1 Å². The second kappa shape index (κ2) is 8.66. The van der Waals surface area contributed by atoms with E-state index in [0.717, 1.165) is 25.9 Å². The fraction of sp³-hybridized carbons (Fsp3) is 0.941. The maximum Gasteiger partial charge on any atom is 0.222 e. The SMILES string of the molecule is CCCCCCCCC(=O)N1CCCC1C1CCCN1. The van der Waals surface area contributed by atoms with E-state index in [1.807, 2.05) is 0 Å². The lowest BCUT2D eigenvalue weighted by molar-refractivity contribution is -0.132. The molecule has 0 aromatic rings. The molecule has 2 rings (SSSR count). The van der Waals surface area contributed by atoms with Gasteiger partial charge in [0.1, 0.15) is 0 Å². The van der Waals surface area contributed by atoms with E-state index in [1.165, 1.54) is 57.8 Å². The van der Waals surface area contributed by atoms with Gasteiger partial charge in [-0.05, 0) is 38.6 Å². The lowest BCUT2D eigenvalue weighted by atomic mass is 10.0. The number of nitrogens with zero attached hydrogens (tertiary/aromatic N) is 1. The summed E-state index contributed by atoms with van der Waals surface area (Å²) in [4.78, 5) is 14.6. The van der Waals surface area contributed by atoms with Gasteiger partial charge in [0.2, 0.25) is 5.91 Å². The van der Waals surface area contributed by atoms with Crippen LogP contribution < -0.4 is 5.32 Å². The topological polar surface area (TPSA) is 32.3 Å². The van der Waals surface area contributed by atoms with E-state index in [1.54, 1.807) is 0 Å². The first-order chi connectivity index (χ1) is 9.83. The number of likely N-dealkylation sites (tertiary alicyclic amines) is 1. The number of hydrogen-bond acceptors (Lipinski definition) is 2. The monoisotopic (exact) mass is 280 g/mol. The van der Waals surface area contributed by atoms with E-state index in [9.17, 15) is 4.79 Å². The molecule has 1 amide bonds. The van der Waals surface area contributed by atoms with Gasteiger partial charge in [0.05, 0.1) is 0 Å². The molecule has 0 aromatic carbocycles. The molecule has 0 bridgehead atoms. The van der Waals surface area contributed by atoms with E-state index >= 15 is 0 Å². The first-order valence-corrected chi connectivity index (χ1v) is 8.85. The van der Waals surface area contributed by atoms with Gasteiger partial charge in [0.25, 0.3) is 0 Å². The normalized spacial score (nSPS) is 26.4. The van der Waals surface area contributed by atoms with Gasteiger partial charge in [-0.25, -0.2) is 0 Å². The Morgan fingerprint density at radius 3 is 2.65 bits per heavy atom.